The highest BCUT2D eigenvalue weighted by atomic mass is 15.0. The highest BCUT2D eigenvalue weighted by Crippen LogP contribution is 2.16. The fraction of sp³-hybridized carbons (Fsp3) is 0.667. The second-order valence-electron chi connectivity index (χ2n) is 4.60. The molecule has 0 atom stereocenters. The maximum absolute atomic E-state index is 4.57. The van der Waals surface area contributed by atoms with Gasteiger partial charge in [0.15, 0.2) is 0 Å². The molecular formula is C12H21N3. The lowest BCUT2D eigenvalue weighted by Crippen LogP contribution is -2.07. The van der Waals surface area contributed by atoms with Gasteiger partial charge in [0.1, 0.15) is 11.6 Å². The number of hydrogen-bond donors (Lipinski definition) is 1. The van der Waals surface area contributed by atoms with E-state index in [2.05, 4.69) is 43.0 Å². The van der Waals surface area contributed by atoms with Crippen molar-refractivity contribution in [2.24, 2.45) is 5.92 Å². The molecule has 84 valence electrons. The molecule has 0 amide bonds. The van der Waals surface area contributed by atoms with E-state index >= 15 is 0 Å². The van der Waals surface area contributed by atoms with Gasteiger partial charge < -0.3 is 5.32 Å². The zero-order valence-corrected chi connectivity index (χ0v) is 10.3. The molecule has 0 radical (unpaired) electrons. The van der Waals surface area contributed by atoms with Crippen LogP contribution in [0, 0.1) is 5.92 Å². The Bertz CT molecular complexity index is 319. The number of hydrogen-bond acceptors (Lipinski definition) is 3. The molecule has 1 heterocycles. The van der Waals surface area contributed by atoms with Gasteiger partial charge in [-0.05, 0) is 11.8 Å². The number of aromatic nitrogens is 2. The summed E-state index contributed by atoms with van der Waals surface area (Å²) in [5.41, 5.74) is 1.12. The quantitative estimate of drug-likeness (QED) is 0.825. The van der Waals surface area contributed by atoms with Crippen LogP contribution in [0.25, 0.3) is 0 Å². The van der Waals surface area contributed by atoms with Crippen molar-refractivity contribution in [2.75, 3.05) is 12.4 Å². The summed E-state index contributed by atoms with van der Waals surface area (Å²) in [5.74, 6) is 2.91. The molecule has 3 heteroatoms. The van der Waals surface area contributed by atoms with Crippen LogP contribution in [0.15, 0.2) is 6.07 Å². The molecule has 15 heavy (non-hydrogen) atoms. The lowest BCUT2D eigenvalue weighted by atomic mass is 10.1. The van der Waals surface area contributed by atoms with Gasteiger partial charge >= 0.3 is 0 Å². The van der Waals surface area contributed by atoms with Gasteiger partial charge in [-0.3, -0.25) is 0 Å². The standard InChI is InChI=1S/C12H21N3/c1-8(2)6-12-14-10(9(3)4)7-11(13-5)15-12/h7-9H,6H2,1-5H3,(H,13,14,15). The van der Waals surface area contributed by atoms with Crippen LogP contribution >= 0.6 is 0 Å². The second-order valence-corrected chi connectivity index (χ2v) is 4.60. The molecule has 0 bridgehead atoms. The normalized spacial score (nSPS) is 11.1. The average molecular weight is 207 g/mol. The van der Waals surface area contributed by atoms with Crippen molar-refractivity contribution in [3.63, 3.8) is 0 Å². The molecule has 1 rings (SSSR count). The van der Waals surface area contributed by atoms with Gasteiger partial charge in [0, 0.05) is 25.2 Å². The summed E-state index contributed by atoms with van der Waals surface area (Å²) in [6.07, 6.45) is 0.940. The highest BCUT2D eigenvalue weighted by Gasteiger charge is 2.08. The van der Waals surface area contributed by atoms with Gasteiger partial charge in [-0.1, -0.05) is 27.7 Å². The molecule has 1 aromatic rings. The maximum Gasteiger partial charge on any atom is 0.131 e. The van der Waals surface area contributed by atoms with Crippen LogP contribution in [-0.2, 0) is 6.42 Å². The molecular weight excluding hydrogens is 186 g/mol. The Morgan fingerprint density at radius 1 is 1.20 bits per heavy atom. The van der Waals surface area contributed by atoms with Crippen LogP contribution < -0.4 is 5.32 Å². The molecule has 0 aliphatic carbocycles. The molecule has 0 unspecified atom stereocenters. The Labute approximate surface area is 92.3 Å². The van der Waals surface area contributed by atoms with Gasteiger partial charge in [0.2, 0.25) is 0 Å². The molecule has 1 N–H and O–H groups in total. The fourth-order valence-corrected chi connectivity index (χ4v) is 1.40. The lowest BCUT2D eigenvalue weighted by molar-refractivity contribution is 0.615. The number of anilines is 1. The van der Waals surface area contributed by atoms with Crippen LogP contribution in [0.2, 0.25) is 0 Å². The summed E-state index contributed by atoms with van der Waals surface area (Å²) in [6, 6.07) is 2.02. The summed E-state index contributed by atoms with van der Waals surface area (Å²) in [4.78, 5) is 9.02. The fourth-order valence-electron chi connectivity index (χ4n) is 1.40. The van der Waals surface area contributed by atoms with Gasteiger partial charge in [0.05, 0.1) is 0 Å². The first-order valence-corrected chi connectivity index (χ1v) is 5.58. The molecule has 0 saturated heterocycles. The van der Waals surface area contributed by atoms with Crippen LogP contribution in [0.3, 0.4) is 0 Å². The molecule has 0 aliphatic rings. The first-order valence-electron chi connectivity index (χ1n) is 5.58. The van der Waals surface area contributed by atoms with E-state index < -0.39 is 0 Å². The topological polar surface area (TPSA) is 37.8 Å². The highest BCUT2D eigenvalue weighted by molar-refractivity contribution is 5.36. The van der Waals surface area contributed by atoms with Crippen molar-refractivity contribution < 1.29 is 0 Å². The Kier molecular flexibility index (Phi) is 4.06. The molecule has 0 aromatic carbocycles. The third kappa shape index (κ3) is 3.50. The van der Waals surface area contributed by atoms with Crippen molar-refractivity contribution in [1.82, 2.24) is 9.97 Å². The third-order valence-corrected chi connectivity index (χ3v) is 2.23. The summed E-state index contributed by atoms with van der Waals surface area (Å²) < 4.78 is 0. The van der Waals surface area contributed by atoms with Crippen LogP contribution in [0.1, 0.15) is 45.1 Å². The predicted octanol–water partition coefficient (Wildman–Crippen LogP) is 2.84. The SMILES string of the molecule is CNc1cc(C(C)C)nc(CC(C)C)n1. The minimum Gasteiger partial charge on any atom is -0.373 e. The Balaban J connectivity index is 3.00. The first-order chi connectivity index (χ1) is 7.02. The van der Waals surface area contributed by atoms with Crippen molar-refractivity contribution in [3.8, 4) is 0 Å². The van der Waals surface area contributed by atoms with Gasteiger partial charge in [0.25, 0.3) is 0 Å². The smallest absolute Gasteiger partial charge is 0.131 e. The molecule has 1 aromatic heterocycles. The van der Waals surface area contributed by atoms with Crippen molar-refractivity contribution in [3.05, 3.63) is 17.6 Å². The number of nitrogens with one attached hydrogen (secondary N) is 1. The first kappa shape index (κ1) is 12.0. The maximum atomic E-state index is 4.57. The van der Waals surface area contributed by atoms with Crippen LogP contribution in [0.5, 0.6) is 0 Å². The second kappa shape index (κ2) is 5.10. The Morgan fingerprint density at radius 2 is 1.87 bits per heavy atom. The van der Waals surface area contributed by atoms with Crippen LogP contribution in [0.4, 0.5) is 5.82 Å². The van der Waals surface area contributed by atoms with E-state index in [0.717, 1.165) is 23.8 Å². The lowest BCUT2D eigenvalue weighted by Gasteiger charge is -2.11. The van der Waals surface area contributed by atoms with E-state index in [1.165, 1.54) is 0 Å². The Hall–Kier alpha value is -1.12. The molecule has 0 spiro atoms. The van der Waals surface area contributed by atoms with Gasteiger partial charge in [-0.15, -0.1) is 0 Å². The van der Waals surface area contributed by atoms with E-state index in [9.17, 15) is 0 Å². The monoisotopic (exact) mass is 207 g/mol. The van der Waals surface area contributed by atoms with Crippen molar-refractivity contribution >= 4 is 5.82 Å². The minimum absolute atomic E-state index is 0.450. The van der Waals surface area contributed by atoms with E-state index in [1.807, 2.05) is 13.1 Å². The minimum atomic E-state index is 0.450. The zero-order chi connectivity index (χ0) is 11.4. The predicted molar refractivity (Wildman–Crippen MR) is 64.2 cm³/mol. The molecule has 3 nitrogen and oxygen atoms in total. The van der Waals surface area contributed by atoms with Crippen molar-refractivity contribution in [2.45, 2.75) is 40.0 Å². The summed E-state index contributed by atoms with van der Waals surface area (Å²) >= 11 is 0. The summed E-state index contributed by atoms with van der Waals surface area (Å²) in [6.45, 7) is 8.68. The zero-order valence-electron chi connectivity index (χ0n) is 10.3. The molecule has 0 fully saturated rings. The summed E-state index contributed by atoms with van der Waals surface area (Å²) in [5, 5.41) is 3.08. The Morgan fingerprint density at radius 3 is 2.33 bits per heavy atom. The molecule has 0 saturated carbocycles. The number of rotatable bonds is 4. The van der Waals surface area contributed by atoms with E-state index in [-0.39, 0.29) is 0 Å². The largest absolute Gasteiger partial charge is 0.373 e. The average Bonchev–Trinajstić information content (AvgIpc) is 2.16. The number of nitrogens with zero attached hydrogens (tertiary/aromatic N) is 2. The van der Waals surface area contributed by atoms with E-state index in [4.69, 9.17) is 0 Å². The van der Waals surface area contributed by atoms with E-state index in [0.29, 0.717) is 11.8 Å². The molecule has 0 aliphatic heterocycles. The van der Waals surface area contributed by atoms with Crippen LogP contribution in [-0.4, -0.2) is 17.0 Å². The van der Waals surface area contributed by atoms with Gasteiger partial charge in [-0.25, -0.2) is 9.97 Å². The summed E-state index contributed by atoms with van der Waals surface area (Å²) in [7, 11) is 1.89. The van der Waals surface area contributed by atoms with Crippen molar-refractivity contribution in [1.29, 1.82) is 0 Å². The third-order valence-electron chi connectivity index (χ3n) is 2.23. The van der Waals surface area contributed by atoms with Gasteiger partial charge in [-0.2, -0.15) is 0 Å². The van der Waals surface area contributed by atoms with E-state index in [1.54, 1.807) is 0 Å².